The Kier molecular flexibility index (Phi) is 5.12. The van der Waals surface area contributed by atoms with Gasteiger partial charge in [-0.05, 0) is 49.9 Å². The average molecular weight is 337 g/mol. The van der Waals surface area contributed by atoms with Gasteiger partial charge >= 0.3 is 0 Å². The summed E-state index contributed by atoms with van der Waals surface area (Å²) in [5, 5.41) is 3.07. The van der Waals surface area contributed by atoms with Crippen molar-refractivity contribution in [2.24, 2.45) is 11.7 Å². The number of carbonyl (C=O) groups is 2. The summed E-state index contributed by atoms with van der Waals surface area (Å²) >= 11 is 0. The number of nitrogens with zero attached hydrogens (tertiary/aromatic N) is 1. The molecule has 1 aromatic carbocycles. The average Bonchev–Trinajstić information content (AvgIpc) is 2.62. The zero-order chi connectivity index (χ0) is 17.8. The molecule has 5 nitrogen and oxygen atoms in total. The predicted octanol–water partition coefficient (Wildman–Crippen LogP) is 2.83. The summed E-state index contributed by atoms with van der Waals surface area (Å²) in [4.78, 5) is 28.5. The van der Waals surface area contributed by atoms with Crippen LogP contribution >= 0.6 is 0 Å². The minimum atomic E-state index is -0.271. The predicted molar refractivity (Wildman–Crippen MR) is 96.8 cm³/mol. The summed E-state index contributed by atoms with van der Waals surface area (Å²) in [6, 6.07) is 11.4. The first-order chi connectivity index (χ1) is 12.1. The van der Waals surface area contributed by atoms with Crippen LogP contribution in [0.15, 0.2) is 42.6 Å². The Hall–Kier alpha value is -2.69. The molecular weight excluding hydrogens is 314 g/mol. The number of nitrogens with one attached hydrogen (secondary N) is 1. The number of aromatic nitrogens is 1. The lowest BCUT2D eigenvalue weighted by Gasteiger charge is -2.28. The number of primary amides is 1. The molecule has 1 aliphatic rings. The number of rotatable bonds is 4. The number of amides is 2. The monoisotopic (exact) mass is 337 g/mol. The fourth-order valence-electron chi connectivity index (χ4n) is 3.52. The first-order valence-corrected chi connectivity index (χ1v) is 8.67. The van der Waals surface area contributed by atoms with Gasteiger partial charge in [-0.15, -0.1) is 0 Å². The Morgan fingerprint density at radius 2 is 2.00 bits per heavy atom. The SMILES string of the molecule is Cc1c(C(=O)N[C@H]2CCC[C@H](C(N)=O)C2)cccc1-c1ccccn1. The van der Waals surface area contributed by atoms with Crippen molar-refractivity contribution < 1.29 is 9.59 Å². The van der Waals surface area contributed by atoms with Crippen LogP contribution in [0.25, 0.3) is 11.3 Å². The molecule has 1 fully saturated rings. The van der Waals surface area contributed by atoms with E-state index in [0.29, 0.717) is 12.0 Å². The number of benzene rings is 1. The first kappa shape index (κ1) is 17.1. The Morgan fingerprint density at radius 3 is 2.72 bits per heavy atom. The van der Waals surface area contributed by atoms with Crippen molar-refractivity contribution in [3.05, 3.63) is 53.7 Å². The van der Waals surface area contributed by atoms with Crippen molar-refractivity contribution in [2.75, 3.05) is 0 Å². The second-order valence-corrected chi connectivity index (χ2v) is 6.63. The highest BCUT2D eigenvalue weighted by atomic mass is 16.2. The summed E-state index contributed by atoms with van der Waals surface area (Å²) in [7, 11) is 0. The van der Waals surface area contributed by atoms with Crippen LogP contribution in [0.3, 0.4) is 0 Å². The maximum Gasteiger partial charge on any atom is 0.251 e. The van der Waals surface area contributed by atoms with Crippen LogP contribution in [-0.2, 0) is 4.79 Å². The molecule has 25 heavy (non-hydrogen) atoms. The van der Waals surface area contributed by atoms with Gasteiger partial charge in [-0.2, -0.15) is 0 Å². The molecule has 0 aliphatic heterocycles. The molecule has 3 N–H and O–H groups in total. The van der Waals surface area contributed by atoms with Gasteiger partial charge in [0.05, 0.1) is 5.69 Å². The van der Waals surface area contributed by atoms with Crippen molar-refractivity contribution in [3.8, 4) is 11.3 Å². The van der Waals surface area contributed by atoms with Gasteiger partial charge < -0.3 is 11.1 Å². The lowest BCUT2D eigenvalue weighted by Crippen LogP contribution is -2.41. The Bertz CT molecular complexity index is 774. The van der Waals surface area contributed by atoms with Gasteiger partial charge in [0.15, 0.2) is 0 Å². The smallest absolute Gasteiger partial charge is 0.251 e. The van der Waals surface area contributed by atoms with Gasteiger partial charge in [-0.25, -0.2) is 0 Å². The van der Waals surface area contributed by atoms with Crippen LogP contribution in [0.5, 0.6) is 0 Å². The van der Waals surface area contributed by atoms with Crippen molar-refractivity contribution in [2.45, 2.75) is 38.6 Å². The van der Waals surface area contributed by atoms with Gasteiger partial charge in [0.25, 0.3) is 5.91 Å². The van der Waals surface area contributed by atoms with Crippen LogP contribution < -0.4 is 11.1 Å². The Balaban J connectivity index is 1.78. The van der Waals surface area contributed by atoms with Crippen molar-refractivity contribution in [3.63, 3.8) is 0 Å². The highest BCUT2D eigenvalue weighted by Gasteiger charge is 2.27. The normalized spacial score (nSPS) is 20.0. The quantitative estimate of drug-likeness (QED) is 0.899. The summed E-state index contributed by atoms with van der Waals surface area (Å²) in [6.07, 6.45) is 4.98. The summed E-state index contributed by atoms with van der Waals surface area (Å²) in [5.41, 5.74) is 8.77. The van der Waals surface area contributed by atoms with Crippen LogP contribution in [0.2, 0.25) is 0 Å². The zero-order valence-corrected chi connectivity index (χ0v) is 14.4. The number of nitrogens with two attached hydrogens (primary N) is 1. The van der Waals surface area contributed by atoms with Gasteiger partial charge in [0.2, 0.25) is 5.91 Å². The molecule has 0 spiro atoms. The van der Waals surface area contributed by atoms with E-state index >= 15 is 0 Å². The summed E-state index contributed by atoms with van der Waals surface area (Å²) in [6.45, 7) is 1.94. The van der Waals surface area contributed by atoms with Gasteiger partial charge in [-0.3, -0.25) is 14.6 Å². The molecule has 1 saturated carbocycles. The molecule has 2 aromatic rings. The lowest BCUT2D eigenvalue weighted by molar-refractivity contribution is -0.122. The van der Waals surface area contributed by atoms with E-state index in [1.807, 2.05) is 43.3 Å². The molecule has 3 rings (SSSR count). The Morgan fingerprint density at radius 1 is 1.16 bits per heavy atom. The largest absolute Gasteiger partial charge is 0.369 e. The minimum absolute atomic E-state index is 0.00310. The van der Waals surface area contributed by atoms with E-state index in [2.05, 4.69) is 10.3 Å². The molecule has 5 heteroatoms. The van der Waals surface area contributed by atoms with Crippen LogP contribution in [0, 0.1) is 12.8 Å². The number of hydrogen-bond acceptors (Lipinski definition) is 3. The van der Waals surface area contributed by atoms with Crippen LogP contribution in [-0.4, -0.2) is 22.8 Å². The maximum absolute atomic E-state index is 12.7. The van der Waals surface area contributed by atoms with Crippen LogP contribution in [0.4, 0.5) is 0 Å². The second kappa shape index (κ2) is 7.47. The molecule has 130 valence electrons. The molecule has 0 radical (unpaired) electrons. The van der Waals surface area contributed by atoms with E-state index in [-0.39, 0.29) is 23.8 Å². The van der Waals surface area contributed by atoms with Gasteiger partial charge in [-0.1, -0.05) is 24.6 Å². The van der Waals surface area contributed by atoms with Crippen molar-refractivity contribution in [1.82, 2.24) is 10.3 Å². The van der Waals surface area contributed by atoms with Gasteiger partial charge in [0.1, 0.15) is 0 Å². The minimum Gasteiger partial charge on any atom is -0.369 e. The number of pyridine rings is 1. The fourth-order valence-corrected chi connectivity index (χ4v) is 3.52. The third kappa shape index (κ3) is 3.87. The number of hydrogen-bond donors (Lipinski definition) is 2. The lowest BCUT2D eigenvalue weighted by atomic mass is 9.85. The molecule has 0 unspecified atom stereocenters. The number of carbonyl (C=O) groups excluding carboxylic acids is 2. The van der Waals surface area contributed by atoms with Gasteiger partial charge in [0, 0.05) is 29.3 Å². The van der Waals surface area contributed by atoms with E-state index in [4.69, 9.17) is 5.73 Å². The van der Waals surface area contributed by atoms with E-state index in [9.17, 15) is 9.59 Å². The molecule has 1 aromatic heterocycles. The Labute approximate surface area is 147 Å². The molecule has 0 saturated heterocycles. The van der Waals surface area contributed by atoms with Crippen molar-refractivity contribution >= 4 is 11.8 Å². The van der Waals surface area contributed by atoms with Crippen molar-refractivity contribution in [1.29, 1.82) is 0 Å². The highest BCUT2D eigenvalue weighted by Crippen LogP contribution is 2.26. The molecule has 1 heterocycles. The highest BCUT2D eigenvalue weighted by molar-refractivity contribution is 5.97. The van der Waals surface area contributed by atoms with E-state index in [1.165, 1.54) is 0 Å². The first-order valence-electron chi connectivity index (χ1n) is 8.67. The molecule has 1 aliphatic carbocycles. The second-order valence-electron chi connectivity index (χ2n) is 6.63. The molecule has 2 atom stereocenters. The topological polar surface area (TPSA) is 85.1 Å². The van der Waals surface area contributed by atoms with E-state index in [0.717, 1.165) is 36.1 Å². The molecule has 0 bridgehead atoms. The third-order valence-corrected chi connectivity index (χ3v) is 4.93. The standard InChI is InChI=1S/C20H23N3O2/c1-13-16(18-10-2-3-11-22-18)8-5-9-17(13)20(25)23-15-7-4-6-14(12-15)19(21)24/h2-3,5,8-11,14-15H,4,6-7,12H2,1H3,(H2,21,24)(H,23,25)/t14-,15-/m0/s1. The van der Waals surface area contributed by atoms with Crippen LogP contribution in [0.1, 0.15) is 41.6 Å². The van der Waals surface area contributed by atoms with E-state index in [1.54, 1.807) is 6.20 Å². The summed E-state index contributed by atoms with van der Waals surface area (Å²) in [5.74, 6) is -0.516. The summed E-state index contributed by atoms with van der Waals surface area (Å²) < 4.78 is 0. The molecular formula is C20H23N3O2. The third-order valence-electron chi connectivity index (χ3n) is 4.93. The molecule has 2 amide bonds. The zero-order valence-electron chi connectivity index (χ0n) is 14.4. The fraction of sp³-hybridized carbons (Fsp3) is 0.350. The van der Waals surface area contributed by atoms with E-state index < -0.39 is 0 Å². The maximum atomic E-state index is 12.7.